The summed E-state index contributed by atoms with van der Waals surface area (Å²) in [6.07, 6.45) is 6.01. The summed E-state index contributed by atoms with van der Waals surface area (Å²) in [6.45, 7) is 8.49. The van der Waals surface area contributed by atoms with Crippen LogP contribution in [0, 0.1) is 5.41 Å². The Kier molecular flexibility index (Phi) is 6.48. The number of hydrogen-bond donors (Lipinski definition) is 1. The second kappa shape index (κ2) is 7.23. The molecular formula is C15H32N2O2S. The first-order valence-electron chi connectivity index (χ1n) is 7.76. The van der Waals surface area contributed by atoms with Gasteiger partial charge in [0.05, 0.1) is 5.75 Å². The molecule has 0 heterocycles. The SMILES string of the molecule is CCCNC1CCC(C)(C)CC1N(C)CCS(C)(=O)=O. The first kappa shape index (κ1) is 17.9. The Labute approximate surface area is 125 Å². The van der Waals surface area contributed by atoms with Crippen LogP contribution in [0.25, 0.3) is 0 Å². The Balaban J connectivity index is 2.66. The van der Waals surface area contributed by atoms with E-state index in [4.69, 9.17) is 0 Å². The summed E-state index contributed by atoms with van der Waals surface area (Å²) in [4.78, 5) is 2.25. The van der Waals surface area contributed by atoms with Gasteiger partial charge in [-0.3, -0.25) is 0 Å². The molecule has 1 aliphatic carbocycles. The second-order valence-corrected chi connectivity index (χ2v) is 9.41. The monoisotopic (exact) mass is 304 g/mol. The topological polar surface area (TPSA) is 49.4 Å². The van der Waals surface area contributed by atoms with Crippen LogP contribution in [0.15, 0.2) is 0 Å². The van der Waals surface area contributed by atoms with Gasteiger partial charge in [0.1, 0.15) is 9.84 Å². The molecule has 1 rings (SSSR count). The fraction of sp³-hybridized carbons (Fsp3) is 1.00. The fourth-order valence-electron chi connectivity index (χ4n) is 3.06. The van der Waals surface area contributed by atoms with Crippen molar-refractivity contribution in [2.45, 2.75) is 58.5 Å². The first-order valence-corrected chi connectivity index (χ1v) is 9.82. The van der Waals surface area contributed by atoms with Crippen molar-refractivity contribution in [3.05, 3.63) is 0 Å². The lowest BCUT2D eigenvalue weighted by Crippen LogP contribution is -2.54. The third-order valence-electron chi connectivity index (χ3n) is 4.40. The standard InChI is InChI=1S/C15H32N2O2S/c1-6-9-16-13-7-8-15(2,3)12-14(13)17(4)10-11-20(5,18)19/h13-14,16H,6-12H2,1-5H3. The van der Waals surface area contributed by atoms with Crippen molar-refractivity contribution in [3.8, 4) is 0 Å². The van der Waals surface area contributed by atoms with Gasteiger partial charge in [0.15, 0.2) is 0 Å². The van der Waals surface area contributed by atoms with Gasteiger partial charge in [0.2, 0.25) is 0 Å². The zero-order valence-corrected chi connectivity index (χ0v) is 14.6. The molecule has 0 radical (unpaired) electrons. The van der Waals surface area contributed by atoms with E-state index in [0.29, 0.717) is 24.0 Å². The van der Waals surface area contributed by atoms with E-state index in [-0.39, 0.29) is 5.75 Å². The minimum atomic E-state index is -2.88. The molecule has 0 saturated heterocycles. The molecule has 120 valence electrons. The highest BCUT2D eigenvalue weighted by atomic mass is 32.2. The lowest BCUT2D eigenvalue weighted by atomic mass is 9.72. The highest BCUT2D eigenvalue weighted by Gasteiger charge is 2.36. The van der Waals surface area contributed by atoms with Gasteiger partial charge < -0.3 is 10.2 Å². The molecule has 0 aromatic heterocycles. The largest absolute Gasteiger partial charge is 0.312 e. The molecule has 2 atom stereocenters. The minimum Gasteiger partial charge on any atom is -0.312 e. The third-order valence-corrected chi connectivity index (χ3v) is 5.32. The zero-order valence-electron chi connectivity index (χ0n) is 13.8. The molecule has 1 N–H and O–H groups in total. The summed E-state index contributed by atoms with van der Waals surface area (Å²) in [5, 5.41) is 3.65. The van der Waals surface area contributed by atoms with Gasteiger partial charge in [-0.25, -0.2) is 8.42 Å². The Hall–Kier alpha value is -0.130. The van der Waals surface area contributed by atoms with E-state index in [1.807, 2.05) is 0 Å². The highest BCUT2D eigenvalue weighted by molar-refractivity contribution is 7.90. The van der Waals surface area contributed by atoms with Crippen LogP contribution < -0.4 is 5.32 Å². The quantitative estimate of drug-likeness (QED) is 0.780. The van der Waals surface area contributed by atoms with E-state index in [9.17, 15) is 8.42 Å². The van der Waals surface area contributed by atoms with E-state index in [2.05, 4.69) is 38.0 Å². The maximum Gasteiger partial charge on any atom is 0.148 e. The summed E-state index contributed by atoms with van der Waals surface area (Å²) in [5.41, 5.74) is 0.356. The molecule has 0 spiro atoms. The molecule has 5 heteroatoms. The van der Waals surface area contributed by atoms with Gasteiger partial charge in [0.25, 0.3) is 0 Å². The van der Waals surface area contributed by atoms with Gasteiger partial charge in [-0.1, -0.05) is 20.8 Å². The number of rotatable bonds is 7. The fourth-order valence-corrected chi connectivity index (χ4v) is 3.68. The Bertz CT molecular complexity index is 393. The van der Waals surface area contributed by atoms with Crippen LogP contribution in [0.5, 0.6) is 0 Å². The number of hydrogen-bond acceptors (Lipinski definition) is 4. The Morgan fingerprint density at radius 2 is 2.00 bits per heavy atom. The number of likely N-dealkylation sites (N-methyl/N-ethyl adjacent to an activating group) is 1. The van der Waals surface area contributed by atoms with Crippen molar-refractivity contribution in [1.82, 2.24) is 10.2 Å². The maximum atomic E-state index is 11.4. The van der Waals surface area contributed by atoms with Gasteiger partial charge in [0, 0.05) is 24.9 Å². The molecule has 0 aliphatic heterocycles. The molecule has 1 fully saturated rings. The number of nitrogens with one attached hydrogen (secondary N) is 1. The summed E-state index contributed by atoms with van der Waals surface area (Å²) in [6, 6.07) is 0.930. The molecule has 1 aliphatic rings. The first-order chi connectivity index (χ1) is 9.14. The second-order valence-electron chi connectivity index (χ2n) is 7.15. The van der Waals surface area contributed by atoms with Crippen LogP contribution in [-0.2, 0) is 9.84 Å². The Morgan fingerprint density at radius 1 is 1.35 bits per heavy atom. The summed E-state index contributed by atoms with van der Waals surface area (Å²) in [5.74, 6) is 0.251. The smallest absolute Gasteiger partial charge is 0.148 e. The predicted molar refractivity (Wildman–Crippen MR) is 85.8 cm³/mol. The number of nitrogens with zero attached hydrogens (tertiary/aromatic N) is 1. The third kappa shape index (κ3) is 6.10. The Morgan fingerprint density at radius 3 is 2.55 bits per heavy atom. The normalized spacial score (nSPS) is 26.9. The number of sulfone groups is 1. The van der Waals surface area contributed by atoms with Gasteiger partial charge in [-0.2, -0.15) is 0 Å². The van der Waals surface area contributed by atoms with Crippen molar-refractivity contribution in [3.63, 3.8) is 0 Å². The predicted octanol–water partition coefficient (Wildman–Crippen LogP) is 1.91. The zero-order chi connectivity index (χ0) is 15.4. The van der Waals surface area contributed by atoms with Crippen molar-refractivity contribution in [2.75, 3.05) is 32.1 Å². The summed E-state index contributed by atoms with van der Waals surface area (Å²) >= 11 is 0. The average molecular weight is 304 g/mol. The van der Waals surface area contributed by atoms with E-state index in [1.54, 1.807) is 0 Å². The van der Waals surface area contributed by atoms with Crippen molar-refractivity contribution >= 4 is 9.84 Å². The maximum absolute atomic E-state index is 11.4. The minimum absolute atomic E-state index is 0.251. The molecule has 2 unspecified atom stereocenters. The summed E-state index contributed by atoms with van der Waals surface area (Å²) < 4.78 is 22.7. The molecular weight excluding hydrogens is 272 g/mol. The average Bonchev–Trinajstić information content (AvgIpc) is 2.33. The molecule has 0 bridgehead atoms. The van der Waals surface area contributed by atoms with E-state index in [0.717, 1.165) is 19.4 Å². The van der Waals surface area contributed by atoms with Crippen molar-refractivity contribution < 1.29 is 8.42 Å². The molecule has 1 saturated carbocycles. The van der Waals surface area contributed by atoms with Crippen LogP contribution >= 0.6 is 0 Å². The van der Waals surface area contributed by atoms with Crippen LogP contribution in [0.3, 0.4) is 0 Å². The summed E-state index contributed by atoms with van der Waals surface area (Å²) in [7, 11) is -0.816. The van der Waals surface area contributed by atoms with Crippen molar-refractivity contribution in [2.24, 2.45) is 5.41 Å². The van der Waals surface area contributed by atoms with Gasteiger partial charge >= 0.3 is 0 Å². The molecule has 0 amide bonds. The lowest BCUT2D eigenvalue weighted by Gasteiger charge is -2.45. The van der Waals surface area contributed by atoms with Crippen LogP contribution in [0.4, 0.5) is 0 Å². The van der Waals surface area contributed by atoms with Crippen LogP contribution in [-0.4, -0.2) is 57.5 Å². The molecule has 4 nitrogen and oxygen atoms in total. The molecule has 0 aromatic carbocycles. The molecule has 20 heavy (non-hydrogen) atoms. The van der Waals surface area contributed by atoms with Crippen molar-refractivity contribution in [1.29, 1.82) is 0 Å². The van der Waals surface area contributed by atoms with Gasteiger partial charge in [-0.05, 0) is 44.7 Å². The van der Waals surface area contributed by atoms with Crippen LogP contribution in [0.2, 0.25) is 0 Å². The lowest BCUT2D eigenvalue weighted by molar-refractivity contribution is 0.0857. The van der Waals surface area contributed by atoms with E-state index < -0.39 is 9.84 Å². The molecule has 0 aromatic rings. The van der Waals surface area contributed by atoms with Crippen LogP contribution in [0.1, 0.15) is 46.5 Å². The van der Waals surface area contributed by atoms with E-state index in [1.165, 1.54) is 19.1 Å². The highest BCUT2D eigenvalue weighted by Crippen LogP contribution is 2.37. The van der Waals surface area contributed by atoms with E-state index >= 15 is 0 Å². The van der Waals surface area contributed by atoms with Gasteiger partial charge in [-0.15, -0.1) is 0 Å².